The van der Waals surface area contributed by atoms with Crippen molar-refractivity contribution in [3.8, 4) is 23.0 Å². The molecule has 3 aromatic rings. The van der Waals surface area contributed by atoms with Crippen LogP contribution < -0.4 is 18.9 Å². The van der Waals surface area contributed by atoms with E-state index in [0.717, 1.165) is 49.2 Å². The van der Waals surface area contributed by atoms with Crippen LogP contribution in [0.4, 0.5) is 0 Å². The van der Waals surface area contributed by atoms with Crippen molar-refractivity contribution in [3.63, 3.8) is 0 Å². The minimum Gasteiger partial charge on any atom is -0.493 e. The quantitative estimate of drug-likeness (QED) is 0.248. The number of hydrogen-bond donors (Lipinski definition) is 0. The lowest BCUT2D eigenvalue weighted by molar-refractivity contribution is 0.0212. The van der Waals surface area contributed by atoms with Gasteiger partial charge in [0.25, 0.3) is 0 Å². The fourth-order valence-electron chi connectivity index (χ4n) is 4.01. The number of pyridine rings is 1. The van der Waals surface area contributed by atoms with Crippen LogP contribution in [0.15, 0.2) is 47.8 Å². The first-order valence-corrected chi connectivity index (χ1v) is 11.4. The first-order valence-electron chi connectivity index (χ1n) is 11.4. The zero-order valence-electron chi connectivity index (χ0n) is 20.6. The average Bonchev–Trinajstić information content (AvgIpc) is 2.92. The standard InChI is InChI=1S/C26H31N3O6/c1-30-21-6-5-19(16-22(21)31-2)25(28-35-14-11-29-9-12-34-13-10-29)26-20-17-24(33-4)23(32-3)15-18(20)7-8-27-26/h5-8,15-17H,9-14H2,1-4H3/b28-25+. The van der Waals surface area contributed by atoms with Gasteiger partial charge >= 0.3 is 0 Å². The molecule has 0 radical (unpaired) electrons. The molecule has 9 nitrogen and oxygen atoms in total. The zero-order valence-corrected chi connectivity index (χ0v) is 20.6. The van der Waals surface area contributed by atoms with Gasteiger partial charge in [-0.25, -0.2) is 0 Å². The summed E-state index contributed by atoms with van der Waals surface area (Å²) in [6.45, 7) is 4.47. The Morgan fingerprint density at radius 3 is 2.29 bits per heavy atom. The van der Waals surface area contributed by atoms with Crippen LogP contribution in [0.25, 0.3) is 10.8 Å². The van der Waals surface area contributed by atoms with Gasteiger partial charge in [0.1, 0.15) is 18.0 Å². The maximum Gasteiger partial charge on any atom is 0.161 e. The summed E-state index contributed by atoms with van der Waals surface area (Å²) in [6, 6.07) is 11.4. The van der Waals surface area contributed by atoms with Crippen molar-refractivity contribution in [1.82, 2.24) is 9.88 Å². The highest BCUT2D eigenvalue weighted by Gasteiger charge is 2.18. The van der Waals surface area contributed by atoms with E-state index in [1.54, 1.807) is 34.6 Å². The summed E-state index contributed by atoms with van der Waals surface area (Å²) >= 11 is 0. The van der Waals surface area contributed by atoms with Crippen molar-refractivity contribution in [1.29, 1.82) is 0 Å². The highest BCUT2D eigenvalue weighted by molar-refractivity contribution is 6.18. The minimum atomic E-state index is 0.443. The van der Waals surface area contributed by atoms with E-state index >= 15 is 0 Å². The maximum atomic E-state index is 5.83. The van der Waals surface area contributed by atoms with E-state index in [2.05, 4.69) is 15.0 Å². The van der Waals surface area contributed by atoms with Crippen LogP contribution in [0.1, 0.15) is 11.3 Å². The number of benzene rings is 2. The predicted octanol–water partition coefficient (Wildman–Crippen LogP) is 3.37. The van der Waals surface area contributed by atoms with Gasteiger partial charge in [-0.2, -0.15) is 0 Å². The second kappa shape index (κ2) is 11.7. The number of hydrogen-bond acceptors (Lipinski definition) is 9. The molecule has 0 unspecified atom stereocenters. The predicted molar refractivity (Wildman–Crippen MR) is 133 cm³/mol. The van der Waals surface area contributed by atoms with Gasteiger partial charge in [0.05, 0.1) is 41.7 Å². The van der Waals surface area contributed by atoms with Crippen LogP contribution in [0.3, 0.4) is 0 Å². The third-order valence-electron chi connectivity index (χ3n) is 5.91. The second-order valence-corrected chi connectivity index (χ2v) is 7.88. The molecule has 0 amide bonds. The molecule has 0 spiro atoms. The lowest BCUT2D eigenvalue weighted by Gasteiger charge is -2.25. The van der Waals surface area contributed by atoms with Gasteiger partial charge < -0.3 is 28.5 Å². The molecule has 1 aromatic heterocycles. The fraction of sp³-hybridized carbons (Fsp3) is 0.385. The Bertz CT molecular complexity index is 1180. The number of nitrogens with zero attached hydrogens (tertiary/aromatic N) is 3. The molecule has 2 heterocycles. The summed E-state index contributed by atoms with van der Waals surface area (Å²) in [4.78, 5) is 12.8. The van der Waals surface area contributed by atoms with Crippen molar-refractivity contribution < 1.29 is 28.5 Å². The molecule has 1 aliphatic heterocycles. The van der Waals surface area contributed by atoms with Gasteiger partial charge in [0.15, 0.2) is 23.0 Å². The molecule has 0 bridgehead atoms. The number of fused-ring (bicyclic) bond motifs is 1. The van der Waals surface area contributed by atoms with Gasteiger partial charge in [0, 0.05) is 36.8 Å². The first kappa shape index (κ1) is 24.6. The van der Waals surface area contributed by atoms with Crippen molar-refractivity contribution in [2.75, 3.05) is 67.9 Å². The summed E-state index contributed by atoms with van der Waals surface area (Å²) in [5.74, 6) is 2.46. The zero-order chi connectivity index (χ0) is 24.6. The summed E-state index contributed by atoms with van der Waals surface area (Å²) in [5, 5.41) is 6.35. The van der Waals surface area contributed by atoms with Crippen molar-refractivity contribution in [2.45, 2.75) is 0 Å². The molecular formula is C26H31N3O6. The van der Waals surface area contributed by atoms with Crippen molar-refractivity contribution in [3.05, 3.63) is 53.9 Å². The van der Waals surface area contributed by atoms with E-state index in [1.165, 1.54) is 0 Å². The van der Waals surface area contributed by atoms with Crippen LogP contribution >= 0.6 is 0 Å². The van der Waals surface area contributed by atoms with E-state index < -0.39 is 0 Å². The number of rotatable bonds is 10. The molecule has 1 fully saturated rings. The lowest BCUT2D eigenvalue weighted by Crippen LogP contribution is -2.38. The Kier molecular flexibility index (Phi) is 8.23. The van der Waals surface area contributed by atoms with Gasteiger partial charge in [0.2, 0.25) is 0 Å². The van der Waals surface area contributed by atoms with Crippen LogP contribution in [0, 0.1) is 0 Å². The Balaban J connectivity index is 1.74. The molecule has 1 aliphatic rings. The molecule has 1 saturated heterocycles. The normalized spacial score (nSPS) is 14.6. The maximum absolute atomic E-state index is 5.83. The summed E-state index contributed by atoms with van der Waals surface area (Å²) < 4.78 is 27.4. The Hall–Kier alpha value is -3.56. The van der Waals surface area contributed by atoms with E-state index in [4.69, 9.17) is 28.5 Å². The molecule has 0 saturated carbocycles. The number of methoxy groups -OCH3 is 4. The minimum absolute atomic E-state index is 0.443. The Morgan fingerprint density at radius 1 is 0.886 bits per heavy atom. The van der Waals surface area contributed by atoms with E-state index in [9.17, 15) is 0 Å². The highest BCUT2D eigenvalue weighted by atomic mass is 16.6. The summed E-state index contributed by atoms with van der Waals surface area (Å²) in [7, 11) is 6.43. The Morgan fingerprint density at radius 2 is 1.57 bits per heavy atom. The first-order chi connectivity index (χ1) is 17.2. The third kappa shape index (κ3) is 5.58. The molecule has 0 N–H and O–H groups in total. The summed E-state index contributed by atoms with van der Waals surface area (Å²) in [5.41, 5.74) is 2.01. The van der Waals surface area contributed by atoms with Gasteiger partial charge in [-0.15, -0.1) is 0 Å². The van der Waals surface area contributed by atoms with Crippen molar-refractivity contribution in [2.24, 2.45) is 5.16 Å². The highest BCUT2D eigenvalue weighted by Crippen LogP contribution is 2.35. The van der Waals surface area contributed by atoms with Crippen LogP contribution in [-0.2, 0) is 9.57 Å². The van der Waals surface area contributed by atoms with Crippen LogP contribution in [0.2, 0.25) is 0 Å². The van der Waals surface area contributed by atoms with Crippen LogP contribution in [0.5, 0.6) is 23.0 Å². The topological polar surface area (TPSA) is 83.9 Å². The van der Waals surface area contributed by atoms with Crippen molar-refractivity contribution >= 4 is 16.5 Å². The fourth-order valence-corrected chi connectivity index (χ4v) is 4.01. The molecule has 9 heteroatoms. The SMILES string of the molecule is COc1ccc(/C(=N\OCCN2CCOCC2)c2nccc3cc(OC)c(OC)cc23)cc1OC. The third-order valence-corrected chi connectivity index (χ3v) is 5.91. The number of morpholine rings is 1. The molecule has 4 rings (SSSR count). The van der Waals surface area contributed by atoms with Crippen LogP contribution in [-0.4, -0.2) is 83.5 Å². The number of ether oxygens (including phenoxy) is 5. The van der Waals surface area contributed by atoms with E-state index in [1.807, 2.05) is 36.4 Å². The smallest absolute Gasteiger partial charge is 0.161 e. The Labute approximate surface area is 205 Å². The molecular weight excluding hydrogens is 450 g/mol. The second-order valence-electron chi connectivity index (χ2n) is 7.88. The van der Waals surface area contributed by atoms with E-state index in [-0.39, 0.29) is 0 Å². The number of oxime groups is 1. The monoisotopic (exact) mass is 481 g/mol. The molecule has 186 valence electrons. The largest absolute Gasteiger partial charge is 0.493 e. The van der Waals surface area contributed by atoms with E-state index in [0.29, 0.717) is 41.0 Å². The molecule has 0 aliphatic carbocycles. The van der Waals surface area contributed by atoms with Gasteiger partial charge in [-0.05, 0) is 41.8 Å². The summed E-state index contributed by atoms with van der Waals surface area (Å²) in [6.07, 6.45) is 1.74. The van der Waals surface area contributed by atoms with Gasteiger partial charge in [-0.1, -0.05) is 5.16 Å². The average molecular weight is 482 g/mol. The number of aromatic nitrogens is 1. The van der Waals surface area contributed by atoms with Gasteiger partial charge in [-0.3, -0.25) is 9.88 Å². The molecule has 0 atom stereocenters. The molecule has 35 heavy (non-hydrogen) atoms. The lowest BCUT2D eigenvalue weighted by atomic mass is 10.0. The molecule has 2 aromatic carbocycles.